The highest BCUT2D eigenvalue weighted by atomic mass is 32.2. The number of fused-ring (bicyclic) bond motifs is 2. The molecule has 122 valence electrons. The molecule has 0 saturated carbocycles. The Morgan fingerprint density at radius 3 is 2.75 bits per heavy atom. The van der Waals surface area contributed by atoms with Gasteiger partial charge in [-0.2, -0.15) is 0 Å². The molecule has 1 aliphatic heterocycles. The smallest absolute Gasteiger partial charge is 0.257 e. The van der Waals surface area contributed by atoms with E-state index in [4.69, 9.17) is 9.47 Å². The van der Waals surface area contributed by atoms with E-state index in [0.717, 1.165) is 20.9 Å². The van der Waals surface area contributed by atoms with E-state index in [9.17, 15) is 4.79 Å². The summed E-state index contributed by atoms with van der Waals surface area (Å²) in [6.45, 7) is 2.34. The van der Waals surface area contributed by atoms with Gasteiger partial charge >= 0.3 is 0 Å². The Hall–Kier alpha value is -2.25. The van der Waals surface area contributed by atoms with Crippen LogP contribution >= 0.6 is 23.1 Å². The predicted octanol–water partition coefficient (Wildman–Crippen LogP) is 4.39. The van der Waals surface area contributed by atoms with Gasteiger partial charge in [0.1, 0.15) is 0 Å². The molecule has 1 amide bonds. The molecule has 0 unspecified atom stereocenters. The summed E-state index contributed by atoms with van der Waals surface area (Å²) in [6, 6.07) is 11.3. The topological polar surface area (TPSA) is 60.5 Å². The van der Waals surface area contributed by atoms with Crippen molar-refractivity contribution in [2.24, 2.45) is 0 Å². The van der Waals surface area contributed by atoms with Crippen molar-refractivity contribution < 1.29 is 14.3 Å². The van der Waals surface area contributed by atoms with Gasteiger partial charge in [-0.1, -0.05) is 18.3 Å². The van der Waals surface area contributed by atoms with E-state index in [1.807, 2.05) is 36.4 Å². The van der Waals surface area contributed by atoms with E-state index < -0.39 is 0 Å². The number of aromatic nitrogens is 1. The summed E-state index contributed by atoms with van der Waals surface area (Å²) < 4.78 is 11.7. The quantitative estimate of drug-likeness (QED) is 0.701. The first-order valence-electron chi connectivity index (χ1n) is 7.47. The molecule has 0 saturated heterocycles. The van der Waals surface area contributed by atoms with Crippen molar-refractivity contribution in [3.63, 3.8) is 0 Å². The average molecular weight is 358 g/mol. The minimum absolute atomic E-state index is 0.165. The second-order valence-corrected chi connectivity index (χ2v) is 7.47. The van der Waals surface area contributed by atoms with Crippen molar-refractivity contribution in [2.75, 3.05) is 17.9 Å². The van der Waals surface area contributed by atoms with Gasteiger partial charge in [-0.3, -0.25) is 10.1 Å². The minimum atomic E-state index is -0.165. The van der Waals surface area contributed by atoms with Crippen molar-refractivity contribution in [1.82, 2.24) is 4.98 Å². The summed E-state index contributed by atoms with van der Waals surface area (Å²) >= 11 is 3.16. The first-order valence-corrected chi connectivity index (χ1v) is 9.27. The molecule has 5 nitrogen and oxygen atoms in total. The van der Waals surface area contributed by atoms with Crippen LogP contribution in [0.15, 0.2) is 41.3 Å². The van der Waals surface area contributed by atoms with E-state index in [2.05, 4.69) is 17.2 Å². The molecule has 0 atom stereocenters. The third-order valence-electron chi connectivity index (χ3n) is 3.53. The van der Waals surface area contributed by atoms with Crippen LogP contribution < -0.4 is 14.8 Å². The Labute approximate surface area is 147 Å². The molecule has 1 aliphatic rings. The predicted molar refractivity (Wildman–Crippen MR) is 96.5 cm³/mol. The Balaban J connectivity index is 1.54. The number of nitrogens with one attached hydrogen (secondary N) is 1. The van der Waals surface area contributed by atoms with Crippen LogP contribution in [0, 0.1) is 0 Å². The molecule has 2 heterocycles. The van der Waals surface area contributed by atoms with Crippen LogP contribution in [0.5, 0.6) is 11.5 Å². The molecule has 24 heavy (non-hydrogen) atoms. The molecule has 0 spiro atoms. The molecule has 7 heteroatoms. The summed E-state index contributed by atoms with van der Waals surface area (Å²) in [6.07, 6.45) is 0. The van der Waals surface area contributed by atoms with Crippen molar-refractivity contribution in [3.05, 3.63) is 42.0 Å². The van der Waals surface area contributed by atoms with Gasteiger partial charge in [0, 0.05) is 22.6 Å². The van der Waals surface area contributed by atoms with Crippen LogP contribution in [0.4, 0.5) is 5.13 Å². The van der Waals surface area contributed by atoms with Crippen molar-refractivity contribution in [3.8, 4) is 11.5 Å². The molecule has 1 N–H and O–H groups in total. The first-order chi connectivity index (χ1) is 11.7. The maximum atomic E-state index is 12.4. The number of nitrogens with zero attached hydrogens (tertiary/aromatic N) is 1. The highest BCUT2D eigenvalue weighted by Crippen LogP contribution is 2.39. The molecule has 1 aromatic heterocycles. The number of carbonyl (C=O) groups is 1. The summed E-state index contributed by atoms with van der Waals surface area (Å²) in [5, 5.41) is 3.41. The molecule has 0 bridgehead atoms. The fourth-order valence-electron chi connectivity index (χ4n) is 2.41. The monoisotopic (exact) mass is 358 g/mol. The van der Waals surface area contributed by atoms with Crippen molar-refractivity contribution in [2.45, 2.75) is 11.8 Å². The highest BCUT2D eigenvalue weighted by Gasteiger charge is 2.17. The standard InChI is InChI=1S/C17H14N2O3S2/c1-2-23-11-5-3-10(4-6-11)16(20)19-17-18-12-7-13-14(22-9-21-13)8-15(12)24-17/h3-8H,2,9H2,1H3,(H,18,19,20). The van der Waals surface area contributed by atoms with E-state index in [1.54, 1.807) is 11.8 Å². The van der Waals surface area contributed by atoms with Crippen LogP contribution in [0.3, 0.4) is 0 Å². The second kappa shape index (κ2) is 6.33. The molecule has 0 fully saturated rings. The first kappa shape index (κ1) is 15.3. The average Bonchev–Trinajstić information content (AvgIpc) is 3.18. The summed E-state index contributed by atoms with van der Waals surface area (Å²) in [5.41, 5.74) is 1.40. The Bertz CT molecular complexity index is 865. The number of benzene rings is 2. The molecule has 0 aliphatic carbocycles. The third kappa shape index (κ3) is 2.92. The fraction of sp³-hybridized carbons (Fsp3) is 0.176. The van der Waals surface area contributed by atoms with E-state index in [-0.39, 0.29) is 12.7 Å². The lowest BCUT2D eigenvalue weighted by atomic mass is 10.2. The summed E-state index contributed by atoms with van der Waals surface area (Å²) in [7, 11) is 0. The van der Waals surface area contributed by atoms with Crippen LogP contribution in [-0.2, 0) is 0 Å². The SMILES string of the molecule is CCSc1ccc(C(=O)Nc2nc3cc4c(cc3s2)OCO4)cc1. The van der Waals surface area contributed by atoms with Crippen LogP contribution in [0.2, 0.25) is 0 Å². The number of amides is 1. The molecule has 2 aromatic carbocycles. The van der Waals surface area contributed by atoms with Crippen molar-refractivity contribution in [1.29, 1.82) is 0 Å². The zero-order valence-corrected chi connectivity index (χ0v) is 14.5. The van der Waals surface area contributed by atoms with Gasteiger partial charge in [-0.05, 0) is 30.0 Å². The zero-order valence-electron chi connectivity index (χ0n) is 12.9. The lowest BCUT2D eigenvalue weighted by molar-refractivity contribution is 0.102. The second-order valence-electron chi connectivity index (χ2n) is 5.10. The third-order valence-corrected chi connectivity index (χ3v) is 5.36. The van der Waals surface area contributed by atoms with Crippen LogP contribution in [0.1, 0.15) is 17.3 Å². The molecular weight excluding hydrogens is 344 g/mol. The van der Waals surface area contributed by atoms with Crippen LogP contribution in [0.25, 0.3) is 10.2 Å². The number of carbonyl (C=O) groups excluding carboxylic acids is 1. The fourth-order valence-corrected chi connectivity index (χ4v) is 3.94. The largest absolute Gasteiger partial charge is 0.454 e. The van der Waals surface area contributed by atoms with E-state index in [0.29, 0.717) is 22.2 Å². The van der Waals surface area contributed by atoms with Gasteiger partial charge in [-0.15, -0.1) is 11.8 Å². The van der Waals surface area contributed by atoms with Crippen LogP contribution in [-0.4, -0.2) is 23.4 Å². The Morgan fingerprint density at radius 1 is 1.25 bits per heavy atom. The number of thiazole rings is 1. The van der Waals surface area contributed by atoms with Gasteiger partial charge in [-0.25, -0.2) is 4.98 Å². The highest BCUT2D eigenvalue weighted by molar-refractivity contribution is 7.99. The van der Waals surface area contributed by atoms with E-state index in [1.165, 1.54) is 11.3 Å². The van der Waals surface area contributed by atoms with Gasteiger partial charge in [0.05, 0.1) is 10.2 Å². The summed E-state index contributed by atoms with van der Waals surface area (Å²) in [5.74, 6) is 2.25. The van der Waals surface area contributed by atoms with Crippen molar-refractivity contribution >= 4 is 44.4 Å². The number of anilines is 1. The van der Waals surface area contributed by atoms with Gasteiger partial charge in [0.25, 0.3) is 5.91 Å². The Kier molecular flexibility index (Phi) is 4.03. The number of hydrogen-bond acceptors (Lipinski definition) is 6. The molecule has 0 radical (unpaired) electrons. The lowest BCUT2D eigenvalue weighted by Gasteiger charge is -2.03. The lowest BCUT2D eigenvalue weighted by Crippen LogP contribution is -2.11. The number of ether oxygens (including phenoxy) is 2. The zero-order chi connectivity index (χ0) is 16.5. The molecular formula is C17H14N2O3S2. The number of rotatable bonds is 4. The minimum Gasteiger partial charge on any atom is -0.454 e. The van der Waals surface area contributed by atoms with E-state index >= 15 is 0 Å². The Morgan fingerprint density at radius 2 is 2.00 bits per heavy atom. The number of hydrogen-bond donors (Lipinski definition) is 1. The maximum absolute atomic E-state index is 12.4. The maximum Gasteiger partial charge on any atom is 0.257 e. The molecule has 4 rings (SSSR count). The summed E-state index contributed by atoms with van der Waals surface area (Å²) in [4.78, 5) is 18.0. The molecule has 3 aromatic rings. The normalized spacial score (nSPS) is 12.5. The van der Waals surface area contributed by atoms with Gasteiger partial charge < -0.3 is 9.47 Å². The van der Waals surface area contributed by atoms with Gasteiger partial charge in [0.2, 0.25) is 6.79 Å². The number of thioether (sulfide) groups is 1. The van der Waals surface area contributed by atoms with Gasteiger partial charge in [0.15, 0.2) is 16.6 Å².